The summed E-state index contributed by atoms with van der Waals surface area (Å²) in [5, 5.41) is 11.1. The minimum Gasteiger partial charge on any atom is -0.445 e. The van der Waals surface area contributed by atoms with E-state index >= 15 is 0 Å². The van der Waals surface area contributed by atoms with Gasteiger partial charge in [-0.15, -0.1) is 5.10 Å². The van der Waals surface area contributed by atoms with Crippen LogP contribution >= 0.6 is 0 Å². The average Bonchev–Trinajstić information content (AvgIpc) is 3.41. The van der Waals surface area contributed by atoms with Crippen LogP contribution in [0.3, 0.4) is 0 Å². The molecule has 0 radical (unpaired) electrons. The molecule has 1 fully saturated rings. The molecular weight excluding hydrogens is 426 g/mol. The molecule has 0 aliphatic carbocycles. The number of aromatic nitrogens is 3. The number of carbonyl (C=O) groups excluding carboxylic acids is 2. The Hall–Kier alpha value is -3.14. The molecule has 1 saturated heterocycles. The summed E-state index contributed by atoms with van der Waals surface area (Å²) in [7, 11) is 0. The molecule has 1 aromatic carbocycles. The first-order valence-electron chi connectivity index (χ1n) is 11.1. The predicted molar refractivity (Wildman–Crippen MR) is 120 cm³/mol. The summed E-state index contributed by atoms with van der Waals surface area (Å²) in [6.45, 7) is 9.26. The van der Waals surface area contributed by atoms with Gasteiger partial charge in [-0.1, -0.05) is 35.5 Å². The van der Waals surface area contributed by atoms with Gasteiger partial charge in [-0.2, -0.15) is 0 Å². The molecule has 1 aliphatic rings. The molecule has 1 N–H and O–H groups in total. The fourth-order valence-electron chi connectivity index (χ4n) is 3.38. The van der Waals surface area contributed by atoms with E-state index < -0.39 is 11.7 Å². The molecule has 0 bridgehead atoms. The highest BCUT2D eigenvalue weighted by molar-refractivity contribution is 5.68. The molecule has 2 amide bonds. The number of likely N-dealkylation sites (tertiary alicyclic amines) is 1. The Morgan fingerprint density at radius 3 is 2.70 bits per heavy atom. The van der Waals surface area contributed by atoms with Gasteiger partial charge in [0.1, 0.15) is 17.9 Å². The normalized spacial score (nSPS) is 17.0. The third-order valence-corrected chi connectivity index (χ3v) is 4.94. The van der Waals surface area contributed by atoms with Crippen LogP contribution in [0.4, 0.5) is 9.59 Å². The Kier molecular flexibility index (Phi) is 8.26. The van der Waals surface area contributed by atoms with Gasteiger partial charge >= 0.3 is 12.2 Å². The Morgan fingerprint density at radius 1 is 1.21 bits per heavy atom. The molecule has 33 heavy (non-hydrogen) atoms. The zero-order valence-corrected chi connectivity index (χ0v) is 19.7. The Bertz CT molecular complexity index is 911. The zero-order valence-electron chi connectivity index (χ0n) is 19.7. The van der Waals surface area contributed by atoms with Crippen molar-refractivity contribution in [2.45, 2.75) is 65.0 Å². The standard InChI is InChI=1S/C23H33N5O5/c1-17(24-21(29)33-23(2,3)4)14-31-16-19-12-28(26-25-19)20-10-11-27(13-20)22(30)32-15-18-8-6-5-7-9-18/h5-9,12,17,20H,10-11,13-16H2,1-4H3,(H,24,29). The first kappa shape index (κ1) is 24.5. The lowest BCUT2D eigenvalue weighted by Crippen LogP contribution is -2.39. The molecular formula is C23H33N5O5. The third-order valence-electron chi connectivity index (χ3n) is 4.94. The second kappa shape index (κ2) is 11.1. The molecule has 2 atom stereocenters. The number of ether oxygens (including phenoxy) is 3. The van der Waals surface area contributed by atoms with Crippen molar-refractivity contribution in [3.63, 3.8) is 0 Å². The number of benzene rings is 1. The summed E-state index contributed by atoms with van der Waals surface area (Å²) in [5.41, 5.74) is 1.10. The van der Waals surface area contributed by atoms with E-state index in [9.17, 15) is 9.59 Å². The summed E-state index contributed by atoms with van der Waals surface area (Å²) >= 11 is 0. The summed E-state index contributed by atoms with van der Waals surface area (Å²) in [5.74, 6) is 0. The fraction of sp³-hybridized carbons (Fsp3) is 0.565. The summed E-state index contributed by atoms with van der Waals surface area (Å²) in [6.07, 6.45) is 1.81. The van der Waals surface area contributed by atoms with Crippen LogP contribution in [0.2, 0.25) is 0 Å². The van der Waals surface area contributed by atoms with Crippen molar-refractivity contribution in [3.05, 3.63) is 47.8 Å². The van der Waals surface area contributed by atoms with Crippen molar-refractivity contribution in [2.75, 3.05) is 19.7 Å². The molecule has 10 heteroatoms. The van der Waals surface area contributed by atoms with Crippen LogP contribution in [0.5, 0.6) is 0 Å². The topological polar surface area (TPSA) is 108 Å². The molecule has 3 rings (SSSR count). The monoisotopic (exact) mass is 459 g/mol. The molecule has 1 aromatic heterocycles. The van der Waals surface area contributed by atoms with Crippen LogP contribution in [-0.4, -0.2) is 63.4 Å². The molecule has 0 spiro atoms. The van der Waals surface area contributed by atoms with Crippen molar-refractivity contribution in [3.8, 4) is 0 Å². The van der Waals surface area contributed by atoms with E-state index in [1.54, 1.807) is 9.58 Å². The summed E-state index contributed by atoms with van der Waals surface area (Å²) in [4.78, 5) is 25.8. The quantitative estimate of drug-likeness (QED) is 0.645. The smallest absolute Gasteiger partial charge is 0.410 e. The molecule has 2 heterocycles. The average molecular weight is 460 g/mol. The van der Waals surface area contributed by atoms with E-state index in [0.29, 0.717) is 25.4 Å². The lowest BCUT2D eigenvalue weighted by Gasteiger charge is -2.21. The highest BCUT2D eigenvalue weighted by atomic mass is 16.6. The van der Waals surface area contributed by atoms with Gasteiger partial charge in [0, 0.05) is 13.1 Å². The Morgan fingerprint density at radius 2 is 1.97 bits per heavy atom. The van der Waals surface area contributed by atoms with Crippen molar-refractivity contribution in [1.82, 2.24) is 25.2 Å². The van der Waals surface area contributed by atoms with Gasteiger partial charge in [0.15, 0.2) is 0 Å². The van der Waals surface area contributed by atoms with Gasteiger partial charge in [0.25, 0.3) is 0 Å². The molecule has 180 valence electrons. The van der Waals surface area contributed by atoms with Crippen LogP contribution in [0.15, 0.2) is 36.5 Å². The van der Waals surface area contributed by atoms with Crippen LogP contribution in [0.25, 0.3) is 0 Å². The van der Waals surface area contributed by atoms with Crippen LogP contribution in [-0.2, 0) is 27.4 Å². The number of nitrogens with one attached hydrogen (secondary N) is 1. The maximum Gasteiger partial charge on any atom is 0.410 e. The van der Waals surface area contributed by atoms with E-state index in [-0.39, 0.29) is 31.4 Å². The minimum absolute atomic E-state index is 0.0447. The Balaban J connectivity index is 1.38. The SMILES string of the molecule is CC(COCc1cn(C2CCN(C(=O)OCc3ccccc3)C2)nn1)NC(=O)OC(C)(C)C. The molecule has 2 unspecified atom stereocenters. The van der Waals surface area contributed by atoms with E-state index in [1.165, 1.54) is 0 Å². The van der Waals surface area contributed by atoms with Gasteiger partial charge in [0.05, 0.1) is 31.5 Å². The number of nitrogens with zero attached hydrogens (tertiary/aromatic N) is 4. The van der Waals surface area contributed by atoms with E-state index in [1.807, 2.05) is 64.2 Å². The summed E-state index contributed by atoms with van der Waals surface area (Å²) < 4.78 is 18.1. The van der Waals surface area contributed by atoms with Crippen LogP contribution in [0.1, 0.15) is 51.4 Å². The minimum atomic E-state index is -0.544. The zero-order chi connectivity index (χ0) is 23.8. The van der Waals surface area contributed by atoms with Gasteiger partial charge < -0.3 is 24.4 Å². The molecule has 1 aliphatic heterocycles. The predicted octanol–water partition coefficient (Wildman–Crippen LogP) is 3.29. The lowest BCUT2D eigenvalue weighted by molar-refractivity contribution is 0.0440. The fourth-order valence-corrected chi connectivity index (χ4v) is 3.38. The second-order valence-electron chi connectivity index (χ2n) is 9.18. The first-order chi connectivity index (χ1) is 15.7. The molecule has 2 aromatic rings. The summed E-state index contributed by atoms with van der Waals surface area (Å²) in [6, 6.07) is 9.44. The number of alkyl carbamates (subject to hydrolysis) is 1. The largest absolute Gasteiger partial charge is 0.445 e. The van der Waals surface area contributed by atoms with Gasteiger partial charge in [-0.3, -0.25) is 0 Å². The van der Waals surface area contributed by atoms with Gasteiger partial charge in [-0.05, 0) is 39.7 Å². The van der Waals surface area contributed by atoms with Crippen LogP contribution in [0, 0.1) is 0 Å². The number of rotatable bonds is 8. The van der Waals surface area contributed by atoms with Crippen molar-refractivity contribution >= 4 is 12.2 Å². The number of carbonyl (C=O) groups is 2. The second-order valence-corrected chi connectivity index (χ2v) is 9.18. The third kappa shape index (κ3) is 8.05. The highest BCUT2D eigenvalue weighted by Crippen LogP contribution is 2.22. The van der Waals surface area contributed by atoms with Crippen LogP contribution < -0.4 is 5.32 Å². The van der Waals surface area contributed by atoms with E-state index in [0.717, 1.165) is 12.0 Å². The van der Waals surface area contributed by atoms with Crippen molar-refractivity contribution in [2.24, 2.45) is 0 Å². The maximum atomic E-state index is 12.4. The van der Waals surface area contributed by atoms with Crippen molar-refractivity contribution in [1.29, 1.82) is 0 Å². The highest BCUT2D eigenvalue weighted by Gasteiger charge is 2.29. The first-order valence-corrected chi connectivity index (χ1v) is 11.1. The van der Waals surface area contributed by atoms with E-state index in [4.69, 9.17) is 14.2 Å². The lowest BCUT2D eigenvalue weighted by atomic mass is 10.2. The van der Waals surface area contributed by atoms with Gasteiger partial charge in [-0.25, -0.2) is 14.3 Å². The number of hydrogen-bond acceptors (Lipinski definition) is 7. The molecule has 10 nitrogen and oxygen atoms in total. The number of amides is 2. The van der Waals surface area contributed by atoms with Crippen molar-refractivity contribution < 1.29 is 23.8 Å². The molecule has 0 saturated carbocycles. The Labute approximate surface area is 194 Å². The van der Waals surface area contributed by atoms with E-state index in [2.05, 4.69) is 15.6 Å². The van der Waals surface area contributed by atoms with Gasteiger partial charge in [0.2, 0.25) is 0 Å². The maximum absolute atomic E-state index is 12.4. The number of hydrogen-bond donors (Lipinski definition) is 1.